The van der Waals surface area contributed by atoms with Crippen LogP contribution in [-0.2, 0) is 17.6 Å². The number of esters is 1. The molecule has 0 heterocycles. The van der Waals surface area contributed by atoms with Crippen LogP contribution in [0.2, 0.25) is 0 Å². The quantitative estimate of drug-likeness (QED) is 0.530. The SMILES string of the molecule is CCc1cc(C(=O)OCC(CO)(CO)CO)c(C)c(CC)c1O. The number of benzene rings is 1. The van der Waals surface area contributed by atoms with Crippen molar-refractivity contribution in [1.82, 2.24) is 0 Å². The van der Waals surface area contributed by atoms with Crippen molar-refractivity contribution in [2.75, 3.05) is 26.4 Å². The molecular weight excluding hydrogens is 300 g/mol. The molecule has 1 aromatic carbocycles. The standard InChI is InChI=1S/C17H26O6/c1-4-12-6-14(11(3)13(5-2)15(12)21)16(22)23-10-17(7-18,8-19)9-20/h6,18-21H,4-5,7-10H2,1-3H3. The summed E-state index contributed by atoms with van der Waals surface area (Å²) in [6, 6.07) is 1.60. The highest BCUT2D eigenvalue weighted by Gasteiger charge is 2.31. The Bertz CT molecular complexity index is 540. The summed E-state index contributed by atoms with van der Waals surface area (Å²) in [5.41, 5.74) is 1.10. The first kappa shape index (κ1) is 19.4. The molecule has 0 unspecified atom stereocenters. The van der Waals surface area contributed by atoms with Crippen molar-refractivity contribution in [1.29, 1.82) is 0 Å². The lowest BCUT2D eigenvalue weighted by molar-refractivity contribution is -0.0441. The van der Waals surface area contributed by atoms with Crippen LogP contribution < -0.4 is 0 Å². The summed E-state index contributed by atoms with van der Waals surface area (Å²) in [6.45, 7) is 3.73. The van der Waals surface area contributed by atoms with E-state index >= 15 is 0 Å². The molecule has 0 saturated heterocycles. The van der Waals surface area contributed by atoms with Crippen LogP contribution in [0.25, 0.3) is 0 Å². The van der Waals surface area contributed by atoms with Crippen molar-refractivity contribution < 1.29 is 30.0 Å². The summed E-state index contributed by atoms with van der Waals surface area (Å²) in [6.07, 6.45) is 1.16. The molecule has 23 heavy (non-hydrogen) atoms. The van der Waals surface area contributed by atoms with Gasteiger partial charge in [0.05, 0.1) is 30.8 Å². The maximum atomic E-state index is 12.4. The number of ether oxygens (including phenoxy) is 1. The van der Waals surface area contributed by atoms with Gasteiger partial charge in [-0.25, -0.2) is 4.79 Å². The fourth-order valence-electron chi connectivity index (χ4n) is 2.38. The molecule has 0 spiro atoms. The van der Waals surface area contributed by atoms with E-state index < -0.39 is 31.2 Å². The lowest BCUT2D eigenvalue weighted by Crippen LogP contribution is -2.39. The van der Waals surface area contributed by atoms with Gasteiger partial charge in [0.2, 0.25) is 0 Å². The number of phenolic OH excluding ortho intramolecular Hbond substituents is 1. The predicted octanol–water partition coefficient (Wildman–Crippen LogP) is 0.946. The minimum absolute atomic E-state index is 0.208. The van der Waals surface area contributed by atoms with Gasteiger partial charge in [-0.15, -0.1) is 0 Å². The zero-order valence-corrected chi connectivity index (χ0v) is 13.9. The van der Waals surface area contributed by atoms with Gasteiger partial charge in [0, 0.05) is 0 Å². The average Bonchev–Trinajstić information content (AvgIpc) is 2.57. The van der Waals surface area contributed by atoms with Crippen LogP contribution in [0.3, 0.4) is 0 Å². The van der Waals surface area contributed by atoms with Gasteiger partial charge in [-0.05, 0) is 42.5 Å². The van der Waals surface area contributed by atoms with Crippen LogP contribution in [0.4, 0.5) is 0 Å². The number of carbonyl (C=O) groups excluding carboxylic acids is 1. The lowest BCUT2D eigenvalue weighted by atomic mass is 9.92. The Hall–Kier alpha value is -1.63. The molecule has 0 aromatic heterocycles. The van der Waals surface area contributed by atoms with E-state index in [1.54, 1.807) is 13.0 Å². The van der Waals surface area contributed by atoms with Crippen molar-refractivity contribution in [3.63, 3.8) is 0 Å². The summed E-state index contributed by atoms with van der Waals surface area (Å²) in [4.78, 5) is 12.4. The Kier molecular flexibility index (Phi) is 7.00. The smallest absolute Gasteiger partial charge is 0.338 e. The molecule has 1 aromatic rings. The monoisotopic (exact) mass is 326 g/mol. The van der Waals surface area contributed by atoms with Crippen LogP contribution in [0, 0.1) is 12.3 Å². The van der Waals surface area contributed by atoms with Gasteiger partial charge in [-0.1, -0.05) is 13.8 Å². The Morgan fingerprint density at radius 2 is 1.70 bits per heavy atom. The fraction of sp³-hybridized carbons (Fsp3) is 0.588. The minimum Gasteiger partial charge on any atom is -0.507 e. The third kappa shape index (κ3) is 4.02. The van der Waals surface area contributed by atoms with Gasteiger partial charge in [0.1, 0.15) is 12.4 Å². The lowest BCUT2D eigenvalue weighted by Gasteiger charge is -2.26. The maximum absolute atomic E-state index is 12.4. The number of aryl methyl sites for hydroxylation is 1. The summed E-state index contributed by atoms with van der Waals surface area (Å²) >= 11 is 0. The van der Waals surface area contributed by atoms with Gasteiger partial charge in [0.15, 0.2) is 0 Å². The van der Waals surface area contributed by atoms with Crippen LogP contribution in [-0.4, -0.2) is 52.8 Å². The summed E-state index contributed by atoms with van der Waals surface area (Å²) in [5, 5.41) is 38.0. The molecule has 0 atom stereocenters. The number of carbonyl (C=O) groups is 1. The second-order valence-corrected chi connectivity index (χ2v) is 5.79. The molecule has 4 N–H and O–H groups in total. The number of aliphatic hydroxyl groups excluding tert-OH is 3. The molecule has 6 heteroatoms. The topological polar surface area (TPSA) is 107 Å². The molecule has 130 valence electrons. The van der Waals surface area contributed by atoms with E-state index in [1.165, 1.54) is 0 Å². The number of aliphatic hydroxyl groups is 3. The predicted molar refractivity (Wildman–Crippen MR) is 85.6 cm³/mol. The first-order valence-corrected chi connectivity index (χ1v) is 7.73. The van der Waals surface area contributed by atoms with E-state index in [0.29, 0.717) is 35.1 Å². The molecule has 0 radical (unpaired) electrons. The molecule has 0 fully saturated rings. The zero-order valence-electron chi connectivity index (χ0n) is 13.9. The number of hydrogen-bond donors (Lipinski definition) is 4. The second kappa shape index (κ2) is 8.29. The molecule has 0 saturated carbocycles. The van der Waals surface area contributed by atoms with E-state index in [0.717, 1.165) is 0 Å². The summed E-state index contributed by atoms with van der Waals surface area (Å²) in [5.74, 6) is -0.397. The summed E-state index contributed by atoms with van der Waals surface area (Å²) in [7, 11) is 0. The Morgan fingerprint density at radius 1 is 1.13 bits per heavy atom. The van der Waals surface area contributed by atoms with Gasteiger partial charge in [0.25, 0.3) is 0 Å². The Labute approximate surface area is 136 Å². The molecule has 1 rings (SSSR count). The zero-order chi connectivity index (χ0) is 17.6. The van der Waals surface area contributed by atoms with E-state index in [-0.39, 0.29) is 12.4 Å². The number of hydrogen-bond acceptors (Lipinski definition) is 6. The number of rotatable bonds is 8. The molecule has 0 aliphatic heterocycles. The number of aromatic hydroxyl groups is 1. The van der Waals surface area contributed by atoms with Crippen molar-refractivity contribution in [2.45, 2.75) is 33.6 Å². The van der Waals surface area contributed by atoms with E-state index in [1.807, 2.05) is 13.8 Å². The van der Waals surface area contributed by atoms with Gasteiger partial charge >= 0.3 is 5.97 Å². The first-order valence-electron chi connectivity index (χ1n) is 7.73. The van der Waals surface area contributed by atoms with Gasteiger partial charge in [-0.2, -0.15) is 0 Å². The highest BCUT2D eigenvalue weighted by atomic mass is 16.5. The van der Waals surface area contributed by atoms with E-state index in [4.69, 9.17) is 4.74 Å². The van der Waals surface area contributed by atoms with Crippen molar-refractivity contribution in [3.05, 3.63) is 28.3 Å². The van der Waals surface area contributed by atoms with Crippen molar-refractivity contribution >= 4 is 5.97 Å². The molecular formula is C17H26O6. The maximum Gasteiger partial charge on any atom is 0.338 e. The van der Waals surface area contributed by atoms with Crippen molar-refractivity contribution in [3.8, 4) is 5.75 Å². The molecule has 0 aliphatic carbocycles. The van der Waals surface area contributed by atoms with E-state index in [2.05, 4.69) is 0 Å². The molecule has 0 bridgehead atoms. The number of phenols is 1. The largest absolute Gasteiger partial charge is 0.507 e. The normalized spacial score (nSPS) is 11.6. The third-order valence-corrected chi connectivity index (χ3v) is 4.24. The third-order valence-electron chi connectivity index (χ3n) is 4.24. The van der Waals surface area contributed by atoms with E-state index in [9.17, 15) is 25.2 Å². The van der Waals surface area contributed by atoms with Crippen LogP contribution in [0.5, 0.6) is 5.75 Å². The molecule has 0 aliphatic rings. The Morgan fingerprint density at radius 3 is 2.13 bits per heavy atom. The van der Waals surface area contributed by atoms with Crippen LogP contribution >= 0.6 is 0 Å². The molecule has 6 nitrogen and oxygen atoms in total. The van der Waals surface area contributed by atoms with Crippen molar-refractivity contribution in [2.24, 2.45) is 5.41 Å². The highest BCUT2D eigenvalue weighted by molar-refractivity contribution is 5.92. The summed E-state index contributed by atoms with van der Waals surface area (Å²) < 4.78 is 5.19. The fourth-order valence-corrected chi connectivity index (χ4v) is 2.38. The van der Waals surface area contributed by atoms with Crippen LogP contribution in [0.1, 0.15) is 40.9 Å². The average molecular weight is 326 g/mol. The molecule has 0 amide bonds. The second-order valence-electron chi connectivity index (χ2n) is 5.79. The highest BCUT2D eigenvalue weighted by Crippen LogP contribution is 2.30. The Balaban J connectivity index is 3.09. The minimum atomic E-state index is -1.26. The van der Waals surface area contributed by atoms with Gasteiger partial charge < -0.3 is 25.2 Å². The first-order chi connectivity index (χ1) is 10.9. The van der Waals surface area contributed by atoms with Gasteiger partial charge in [-0.3, -0.25) is 0 Å². The van der Waals surface area contributed by atoms with Crippen LogP contribution in [0.15, 0.2) is 6.07 Å².